The van der Waals surface area contributed by atoms with Gasteiger partial charge in [-0.15, -0.1) is 0 Å². The lowest BCUT2D eigenvalue weighted by Crippen LogP contribution is -2.41. The minimum atomic E-state index is 0.658. The Kier molecular flexibility index (Phi) is 5.97. The van der Waals surface area contributed by atoms with Gasteiger partial charge in [0.2, 0.25) is 0 Å². The normalized spacial score (nSPS) is 23.8. The van der Waals surface area contributed by atoms with Crippen molar-refractivity contribution in [3.05, 3.63) is 0 Å². The molecule has 2 heteroatoms. The molecule has 0 heterocycles. The number of rotatable bonds is 8. The lowest BCUT2D eigenvalue weighted by atomic mass is 9.64. The van der Waals surface area contributed by atoms with E-state index in [0.29, 0.717) is 5.41 Å². The lowest BCUT2D eigenvalue weighted by Gasteiger charge is -2.43. The maximum absolute atomic E-state index is 5.10. The van der Waals surface area contributed by atoms with E-state index in [1.807, 2.05) is 0 Å². The Morgan fingerprint density at radius 2 is 1.89 bits per heavy atom. The van der Waals surface area contributed by atoms with E-state index < -0.39 is 0 Å². The fourth-order valence-electron chi connectivity index (χ4n) is 3.71. The highest BCUT2D eigenvalue weighted by molar-refractivity contribution is 4.90. The molecule has 0 atom stereocenters. The van der Waals surface area contributed by atoms with Gasteiger partial charge in [-0.2, -0.15) is 0 Å². The third-order valence-corrected chi connectivity index (χ3v) is 5.20. The third-order valence-electron chi connectivity index (χ3n) is 5.20. The predicted molar refractivity (Wildman–Crippen MR) is 76.8 cm³/mol. The van der Waals surface area contributed by atoms with Gasteiger partial charge >= 0.3 is 0 Å². The minimum absolute atomic E-state index is 0.658. The first kappa shape index (κ1) is 14.3. The summed E-state index contributed by atoms with van der Waals surface area (Å²) in [5.74, 6) is 1.05. The molecule has 1 N–H and O–H groups in total. The number of methoxy groups -OCH3 is 1. The summed E-state index contributed by atoms with van der Waals surface area (Å²) in [7, 11) is 1.78. The van der Waals surface area contributed by atoms with E-state index in [1.165, 1.54) is 70.8 Å². The molecule has 0 aliphatic heterocycles. The van der Waals surface area contributed by atoms with Crippen LogP contribution in [-0.4, -0.2) is 26.8 Å². The number of hydrogen-bond acceptors (Lipinski definition) is 2. The topological polar surface area (TPSA) is 21.3 Å². The Hall–Kier alpha value is -0.0800. The second-order valence-corrected chi connectivity index (χ2v) is 6.57. The monoisotopic (exact) mass is 253 g/mol. The van der Waals surface area contributed by atoms with E-state index in [2.05, 4.69) is 5.32 Å². The predicted octanol–water partition coefficient (Wildman–Crippen LogP) is 3.75. The van der Waals surface area contributed by atoms with E-state index in [9.17, 15) is 0 Å². The molecule has 0 radical (unpaired) electrons. The van der Waals surface area contributed by atoms with Gasteiger partial charge in [0.15, 0.2) is 0 Å². The molecule has 2 aliphatic rings. The zero-order valence-corrected chi connectivity index (χ0v) is 12.2. The molecule has 2 fully saturated rings. The van der Waals surface area contributed by atoms with E-state index in [0.717, 1.165) is 19.1 Å². The first-order valence-electron chi connectivity index (χ1n) is 8.04. The average Bonchev–Trinajstić information content (AvgIpc) is 2.37. The summed E-state index contributed by atoms with van der Waals surface area (Å²) in [5, 5.41) is 3.59. The van der Waals surface area contributed by atoms with Crippen LogP contribution in [-0.2, 0) is 4.74 Å². The van der Waals surface area contributed by atoms with E-state index in [4.69, 9.17) is 4.74 Å². The van der Waals surface area contributed by atoms with Crippen molar-refractivity contribution in [2.24, 2.45) is 11.3 Å². The summed E-state index contributed by atoms with van der Waals surface area (Å²) < 4.78 is 5.10. The molecule has 0 saturated heterocycles. The van der Waals surface area contributed by atoms with Crippen LogP contribution in [0.5, 0.6) is 0 Å². The summed E-state index contributed by atoms with van der Waals surface area (Å²) in [6.07, 6.45) is 14.8. The van der Waals surface area contributed by atoms with Gasteiger partial charge in [-0.1, -0.05) is 38.5 Å². The van der Waals surface area contributed by atoms with Crippen LogP contribution in [0.3, 0.4) is 0 Å². The summed E-state index contributed by atoms with van der Waals surface area (Å²) in [6.45, 7) is 3.09. The Labute approximate surface area is 113 Å². The van der Waals surface area contributed by atoms with Gasteiger partial charge in [0.05, 0.1) is 6.61 Å². The van der Waals surface area contributed by atoms with Gasteiger partial charge in [0.1, 0.15) is 0 Å². The van der Waals surface area contributed by atoms with Crippen LogP contribution in [0.4, 0.5) is 0 Å². The molecular weight excluding hydrogens is 222 g/mol. The van der Waals surface area contributed by atoms with Crippen molar-refractivity contribution in [2.75, 3.05) is 26.8 Å². The van der Waals surface area contributed by atoms with Crippen molar-refractivity contribution >= 4 is 0 Å². The van der Waals surface area contributed by atoms with E-state index in [-0.39, 0.29) is 0 Å². The third kappa shape index (κ3) is 4.24. The van der Waals surface area contributed by atoms with Crippen LogP contribution >= 0.6 is 0 Å². The van der Waals surface area contributed by atoms with Gasteiger partial charge in [-0.05, 0) is 37.0 Å². The highest BCUT2D eigenvalue weighted by Gasteiger charge is 2.36. The van der Waals surface area contributed by atoms with Crippen LogP contribution in [0, 0.1) is 11.3 Å². The van der Waals surface area contributed by atoms with Gasteiger partial charge in [-0.25, -0.2) is 0 Å². The molecule has 0 amide bonds. The molecule has 0 spiro atoms. The molecule has 2 saturated carbocycles. The quantitative estimate of drug-likeness (QED) is 0.665. The standard InChI is InChI=1S/C16H31NO/c1-18-13-12-17-14-16(9-5-10-16)11-8-15-6-3-2-4-7-15/h15,17H,2-14H2,1H3. The van der Waals surface area contributed by atoms with Crippen molar-refractivity contribution in [1.82, 2.24) is 5.32 Å². The van der Waals surface area contributed by atoms with Crippen LogP contribution in [0.2, 0.25) is 0 Å². The number of ether oxygens (including phenoxy) is 1. The van der Waals surface area contributed by atoms with E-state index >= 15 is 0 Å². The van der Waals surface area contributed by atoms with Crippen molar-refractivity contribution in [1.29, 1.82) is 0 Å². The molecule has 0 aromatic rings. The second kappa shape index (κ2) is 7.49. The highest BCUT2D eigenvalue weighted by atomic mass is 16.5. The summed E-state index contributed by atoms with van der Waals surface area (Å²) in [4.78, 5) is 0. The first-order chi connectivity index (χ1) is 8.85. The Balaban J connectivity index is 1.64. The Bertz CT molecular complexity index is 219. The Morgan fingerprint density at radius 1 is 1.11 bits per heavy atom. The maximum atomic E-state index is 5.10. The van der Waals surface area contributed by atoms with Crippen molar-refractivity contribution in [2.45, 2.75) is 64.2 Å². The van der Waals surface area contributed by atoms with Crippen molar-refractivity contribution in [3.8, 4) is 0 Å². The van der Waals surface area contributed by atoms with Gasteiger partial charge in [0, 0.05) is 20.2 Å². The second-order valence-electron chi connectivity index (χ2n) is 6.57. The molecule has 18 heavy (non-hydrogen) atoms. The molecule has 2 nitrogen and oxygen atoms in total. The zero-order valence-electron chi connectivity index (χ0n) is 12.2. The van der Waals surface area contributed by atoms with Crippen LogP contribution in [0.15, 0.2) is 0 Å². The van der Waals surface area contributed by atoms with E-state index in [1.54, 1.807) is 7.11 Å². The largest absolute Gasteiger partial charge is 0.383 e. The van der Waals surface area contributed by atoms with Crippen LogP contribution < -0.4 is 5.32 Å². The van der Waals surface area contributed by atoms with Gasteiger partial charge < -0.3 is 10.1 Å². The smallest absolute Gasteiger partial charge is 0.0587 e. The first-order valence-corrected chi connectivity index (χ1v) is 8.04. The Morgan fingerprint density at radius 3 is 2.50 bits per heavy atom. The van der Waals surface area contributed by atoms with Gasteiger partial charge in [0.25, 0.3) is 0 Å². The van der Waals surface area contributed by atoms with Crippen LogP contribution in [0.1, 0.15) is 64.2 Å². The summed E-state index contributed by atoms with van der Waals surface area (Å²) in [5.41, 5.74) is 0.658. The van der Waals surface area contributed by atoms with Crippen molar-refractivity contribution < 1.29 is 4.74 Å². The minimum Gasteiger partial charge on any atom is -0.383 e. The maximum Gasteiger partial charge on any atom is 0.0587 e. The molecule has 0 bridgehead atoms. The SMILES string of the molecule is COCCNCC1(CCC2CCCCC2)CCC1. The molecule has 0 aromatic carbocycles. The molecular formula is C16H31NO. The molecule has 2 aliphatic carbocycles. The lowest BCUT2D eigenvalue weighted by molar-refractivity contribution is 0.0974. The fourth-order valence-corrected chi connectivity index (χ4v) is 3.71. The molecule has 0 unspecified atom stereocenters. The fraction of sp³-hybridized carbons (Fsp3) is 1.00. The zero-order chi connectivity index (χ0) is 12.7. The average molecular weight is 253 g/mol. The number of nitrogens with one attached hydrogen (secondary N) is 1. The summed E-state index contributed by atoms with van der Waals surface area (Å²) in [6, 6.07) is 0. The van der Waals surface area contributed by atoms with Crippen LogP contribution in [0.25, 0.3) is 0 Å². The molecule has 106 valence electrons. The van der Waals surface area contributed by atoms with Crippen molar-refractivity contribution in [3.63, 3.8) is 0 Å². The molecule has 0 aromatic heterocycles. The van der Waals surface area contributed by atoms with Gasteiger partial charge in [-0.3, -0.25) is 0 Å². The molecule has 2 rings (SSSR count). The summed E-state index contributed by atoms with van der Waals surface area (Å²) >= 11 is 0. The number of hydrogen-bond donors (Lipinski definition) is 1. The highest BCUT2D eigenvalue weighted by Crippen LogP contribution is 2.45.